The highest BCUT2D eigenvalue weighted by Gasteiger charge is 2.32. The highest BCUT2D eigenvalue weighted by molar-refractivity contribution is 6.32. The van der Waals surface area contributed by atoms with E-state index in [1.165, 1.54) is 0 Å². The number of amides is 1. The average Bonchev–Trinajstić information content (AvgIpc) is 2.97. The Bertz CT molecular complexity index is 909. The summed E-state index contributed by atoms with van der Waals surface area (Å²) in [5.41, 5.74) is 2.13. The minimum absolute atomic E-state index is 0.0548. The Labute approximate surface area is 150 Å². The Balaban J connectivity index is 1.66. The summed E-state index contributed by atoms with van der Waals surface area (Å²) < 4.78 is 7.78. The van der Waals surface area contributed by atoms with Gasteiger partial charge >= 0.3 is 0 Å². The molecule has 6 heteroatoms. The normalized spacial score (nSPS) is 20.8. The van der Waals surface area contributed by atoms with Crippen LogP contribution in [0.15, 0.2) is 54.7 Å². The maximum atomic E-state index is 13.1. The number of halogens is 1. The molecule has 0 saturated carbocycles. The van der Waals surface area contributed by atoms with Crippen molar-refractivity contribution in [2.45, 2.75) is 19.1 Å². The van der Waals surface area contributed by atoms with E-state index in [9.17, 15) is 4.79 Å². The van der Waals surface area contributed by atoms with E-state index in [1.807, 2.05) is 55.5 Å². The van der Waals surface area contributed by atoms with Gasteiger partial charge in [-0.1, -0.05) is 48.0 Å². The number of imidazole rings is 1. The van der Waals surface area contributed by atoms with Gasteiger partial charge in [0.1, 0.15) is 11.8 Å². The number of morpholine rings is 1. The third kappa shape index (κ3) is 3.01. The van der Waals surface area contributed by atoms with Gasteiger partial charge in [-0.05, 0) is 24.6 Å². The summed E-state index contributed by atoms with van der Waals surface area (Å²) in [7, 11) is 0. The van der Waals surface area contributed by atoms with Crippen molar-refractivity contribution >= 4 is 23.2 Å². The van der Waals surface area contributed by atoms with Crippen molar-refractivity contribution in [3.05, 3.63) is 71.1 Å². The van der Waals surface area contributed by atoms with Crippen LogP contribution >= 0.6 is 11.6 Å². The first-order valence-corrected chi connectivity index (χ1v) is 8.63. The zero-order valence-electron chi connectivity index (χ0n) is 13.8. The number of benzene rings is 1. The summed E-state index contributed by atoms with van der Waals surface area (Å²) in [4.78, 5) is 19.2. The molecule has 0 radical (unpaired) electrons. The second-order valence-corrected chi connectivity index (χ2v) is 6.59. The molecule has 0 spiro atoms. The van der Waals surface area contributed by atoms with Gasteiger partial charge in [-0.2, -0.15) is 0 Å². The van der Waals surface area contributed by atoms with Gasteiger partial charge in [-0.25, -0.2) is 4.98 Å². The first kappa shape index (κ1) is 16.1. The first-order chi connectivity index (χ1) is 12.1. The van der Waals surface area contributed by atoms with E-state index in [0.717, 1.165) is 5.56 Å². The molecular formula is C19H18ClN3O2. The number of pyridine rings is 1. The molecule has 5 nitrogen and oxygen atoms in total. The SMILES string of the molecule is C[C@@H]1CN(C(=O)c2c(Cl)nc3ccccn23)C[C@H](c2ccccc2)O1. The van der Waals surface area contributed by atoms with E-state index in [0.29, 0.717) is 24.4 Å². The van der Waals surface area contributed by atoms with Crippen LogP contribution in [0, 0.1) is 0 Å². The first-order valence-electron chi connectivity index (χ1n) is 8.26. The smallest absolute Gasteiger partial charge is 0.274 e. The third-order valence-corrected chi connectivity index (χ3v) is 4.67. The van der Waals surface area contributed by atoms with Crippen molar-refractivity contribution in [1.29, 1.82) is 0 Å². The minimum atomic E-state index is -0.146. The average molecular weight is 356 g/mol. The van der Waals surface area contributed by atoms with Crippen molar-refractivity contribution in [2.24, 2.45) is 0 Å². The maximum absolute atomic E-state index is 13.1. The van der Waals surface area contributed by atoms with Crippen LogP contribution in [0.2, 0.25) is 5.15 Å². The maximum Gasteiger partial charge on any atom is 0.274 e. The highest BCUT2D eigenvalue weighted by atomic mass is 35.5. The van der Waals surface area contributed by atoms with Crippen LogP contribution in [0.1, 0.15) is 29.1 Å². The zero-order chi connectivity index (χ0) is 17.4. The molecule has 128 valence electrons. The van der Waals surface area contributed by atoms with Gasteiger partial charge in [0, 0.05) is 12.7 Å². The number of ether oxygens (including phenoxy) is 1. The predicted octanol–water partition coefficient (Wildman–Crippen LogP) is 3.59. The standard InChI is InChI=1S/C19H18ClN3O2/c1-13-11-22(12-15(25-13)14-7-3-2-4-8-14)19(24)17-18(20)21-16-9-5-6-10-23(16)17/h2-10,13,15H,11-12H2,1H3/t13-,15-/m1/s1. The molecule has 0 bridgehead atoms. The van der Waals surface area contributed by atoms with E-state index >= 15 is 0 Å². The molecule has 3 aromatic rings. The Hall–Kier alpha value is -2.37. The highest BCUT2D eigenvalue weighted by Crippen LogP contribution is 2.27. The molecule has 3 heterocycles. The number of rotatable bonds is 2. The molecule has 1 aromatic carbocycles. The van der Waals surface area contributed by atoms with Crippen LogP contribution in [-0.2, 0) is 4.74 Å². The molecule has 1 aliphatic heterocycles. The van der Waals surface area contributed by atoms with Crippen LogP contribution in [0.25, 0.3) is 5.65 Å². The fourth-order valence-electron chi connectivity index (χ4n) is 3.28. The lowest BCUT2D eigenvalue weighted by molar-refractivity contribution is -0.0693. The van der Waals surface area contributed by atoms with Crippen LogP contribution in [-0.4, -0.2) is 39.4 Å². The lowest BCUT2D eigenvalue weighted by Gasteiger charge is -2.37. The quantitative estimate of drug-likeness (QED) is 0.705. The number of aromatic nitrogens is 2. The van der Waals surface area contributed by atoms with Gasteiger partial charge in [0.25, 0.3) is 5.91 Å². The molecule has 1 fully saturated rings. The molecule has 2 atom stereocenters. The Morgan fingerprint density at radius 3 is 2.72 bits per heavy atom. The molecule has 2 aromatic heterocycles. The van der Waals surface area contributed by atoms with E-state index in [4.69, 9.17) is 16.3 Å². The Morgan fingerprint density at radius 1 is 1.16 bits per heavy atom. The summed E-state index contributed by atoms with van der Waals surface area (Å²) in [6, 6.07) is 15.5. The number of carbonyl (C=O) groups excluding carboxylic acids is 1. The van der Waals surface area contributed by atoms with Crippen molar-refractivity contribution in [2.75, 3.05) is 13.1 Å². The van der Waals surface area contributed by atoms with Gasteiger partial charge in [-0.15, -0.1) is 0 Å². The van der Waals surface area contributed by atoms with Crippen molar-refractivity contribution in [3.8, 4) is 0 Å². The third-order valence-electron chi connectivity index (χ3n) is 4.41. The Kier molecular flexibility index (Phi) is 4.19. The molecule has 0 aliphatic carbocycles. The van der Waals surface area contributed by atoms with Gasteiger partial charge < -0.3 is 9.64 Å². The van der Waals surface area contributed by atoms with E-state index in [-0.39, 0.29) is 23.3 Å². The second-order valence-electron chi connectivity index (χ2n) is 6.24. The topological polar surface area (TPSA) is 46.8 Å². The predicted molar refractivity (Wildman–Crippen MR) is 95.8 cm³/mol. The van der Waals surface area contributed by atoms with E-state index in [1.54, 1.807) is 15.5 Å². The molecule has 4 rings (SSSR count). The van der Waals surface area contributed by atoms with Crippen LogP contribution < -0.4 is 0 Å². The monoisotopic (exact) mass is 355 g/mol. The van der Waals surface area contributed by atoms with Crippen LogP contribution in [0.4, 0.5) is 0 Å². The molecule has 1 aliphatic rings. The summed E-state index contributed by atoms with van der Waals surface area (Å²) in [6.45, 7) is 2.99. The van der Waals surface area contributed by atoms with Crippen molar-refractivity contribution < 1.29 is 9.53 Å². The van der Waals surface area contributed by atoms with Gasteiger partial charge in [0.15, 0.2) is 10.8 Å². The Morgan fingerprint density at radius 2 is 1.92 bits per heavy atom. The van der Waals surface area contributed by atoms with Gasteiger partial charge in [0.2, 0.25) is 0 Å². The summed E-state index contributed by atoms with van der Waals surface area (Å²) >= 11 is 6.26. The molecule has 1 amide bonds. The number of hydrogen-bond donors (Lipinski definition) is 0. The number of fused-ring (bicyclic) bond motifs is 1. The lowest BCUT2D eigenvalue weighted by Crippen LogP contribution is -2.46. The largest absolute Gasteiger partial charge is 0.367 e. The molecule has 1 saturated heterocycles. The van der Waals surface area contributed by atoms with E-state index < -0.39 is 0 Å². The fraction of sp³-hybridized carbons (Fsp3) is 0.263. The molecule has 0 N–H and O–H groups in total. The zero-order valence-corrected chi connectivity index (χ0v) is 14.6. The van der Waals surface area contributed by atoms with Crippen molar-refractivity contribution in [3.63, 3.8) is 0 Å². The lowest BCUT2D eigenvalue weighted by atomic mass is 10.1. The summed E-state index contributed by atoms with van der Waals surface area (Å²) in [5.74, 6) is -0.125. The number of nitrogens with zero attached hydrogens (tertiary/aromatic N) is 3. The van der Waals surface area contributed by atoms with Crippen LogP contribution in [0.3, 0.4) is 0 Å². The molecular weight excluding hydrogens is 338 g/mol. The minimum Gasteiger partial charge on any atom is -0.367 e. The summed E-state index contributed by atoms with van der Waals surface area (Å²) in [6.07, 6.45) is 1.60. The second kappa shape index (κ2) is 6.50. The van der Waals surface area contributed by atoms with Gasteiger partial charge in [0.05, 0.1) is 12.6 Å². The van der Waals surface area contributed by atoms with Crippen LogP contribution in [0.5, 0.6) is 0 Å². The summed E-state index contributed by atoms with van der Waals surface area (Å²) in [5, 5.41) is 0.228. The van der Waals surface area contributed by atoms with Gasteiger partial charge in [-0.3, -0.25) is 9.20 Å². The number of carbonyl (C=O) groups is 1. The number of hydrogen-bond acceptors (Lipinski definition) is 3. The van der Waals surface area contributed by atoms with E-state index in [2.05, 4.69) is 4.98 Å². The fourth-order valence-corrected chi connectivity index (χ4v) is 3.54. The molecule has 25 heavy (non-hydrogen) atoms. The molecule has 0 unspecified atom stereocenters. The van der Waals surface area contributed by atoms with Crippen molar-refractivity contribution in [1.82, 2.24) is 14.3 Å².